The molecule has 3 nitrogen and oxygen atoms in total. The highest BCUT2D eigenvalue weighted by molar-refractivity contribution is 6.31. The Bertz CT molecular complexity index is 623. The van der Waals surface area contributed by atoms with Crippen molar-refractivity contribution in [2.45, 2.75) is 6.92 Å². The second kappa shape index (κ2) is 5.67. The van der Waals surface area contributed by atoms with E-state index in [-0.39, 0.29) is 11.7 Å². The van der Waals surface area contributed by atoms with E-state index in [4.69, 9.17) is 11.6 Å². The van der Waals surface area contributed by atoms with Gasteiger partial charge in [0.25, 0.3) is 0 Å². The van der Waals surface area contributed by atoms with E-state index in [1.54, 1.807) is 42.5 Å². The molecule has 1 N–H and O–H groups in total. The number of carbonyl (C=O) groups is 2. The number of hydrogen-bond donors (Lipinski definition) is 1. The van der Waals surface area contributed by atoms with E-state index in [1.807, 2.05) is 6.07 Å². The lowest BCUT2D eigenvalue weighted by Gasteiger charge is -2.09. The summed E-state index contributed by atoms with van der Waals surface area (Å²) in [5, 5.41) is 3.09. The molecular formula is C15H12ClNO2. The average Bonchev–Trinajstić information content (AvgIpc) is 2.38. The van der Waals surface area contributed by atoms with Crippen molar-refractivity contribution in [3.05, 3.63) is 64.7 Å². The maximum absolute atomic E-state index is 12.4. The minimum atomic E-state index is -0.246. The normalized spacial score (nSPS) is 10.0. The van der Waals surface area contributed by atoms with Crippen molar-refractivity contribution in [3.63, 3.8) is 0 Å². The van der Waals surface area contributed by atoms with Crippen LogP contribution < -0.4 is 5.32 Å². The van der Waals surface area contributed by atoms with Crippen molar-refractivity contribution in [2.75, 3.05) is 5.32 Å². The molecule has 1 amide bonds. The highest BCUT2D eigenvalue weighted by Crippen LogP contribution is 2.23. The number of ketones is 1. The van der Waals surface area contributed by atoms with E-state index < -0.39 is 0 Å². The first kappa shape index (κ1) is 13.3. The van der Waals surface area contributed by atoms with E-state index in [9.17, 15) is 9.59 Å². The lowest BCUT2D eigenvalue weighted by Crippen LogP contribution is -2.11. The molecule has 0 saturated heterocycles. The van der Waals surface area contributed by atoms with Crippen LogP contribution in [0, 0.1) is 0 Å². The monoisotopic (exact) mass is 273 g/mol. The van der Waals surface area contributed by atoms with Gasteiger partial charge in [-0.25, -0.2) is 0 Å². The van der Waals surface area contributed by atoms with Gasteiger partial charge in [-0.3, -0.25) is 9.59 Å². The van der Waals surface area contributed by atoms with Crippen molar-refractivity contribution < 1.29 is 9.59 Å². The van der Waals surface area contributed by atoms with E-state index >= 15 is 0 Å². The van der Waals surface area contributed by atoms with Crippen molar-refractivity contribution in [2.24, 2.45) is 0 Å². The molecule has 0 radical (unpaired) electrons. The number of amides is 1. The fourth-order valence-corrected chi connectivity index (χ4v) is 1.92. The maximum atomic E-state index is 12.4. The maximum Gasteiger partial charge on any atom is 0.221 e. The van der Waals surface area contributed by atoms with Crippen molar-refractivity contribution in [3.8, 4) is 0 Å². The van der Waals surface area contributed by atoms with Crippen LogP contribution in [0.3, 0.4) is 0 Å². The number of halogens is 1. The fraction of sp³-hybridized carbons (Fsp3) is 0.0667. The van der Waals surface area contributed by atoms with E-state index in [0.29, 0.717) is 21.8 Å². The zero-order valence-electron chi connectivity index (χ0n) is 10.3. The number of nitrogens with one attached hydrogen (secondary N) is 1. The third-order valence-corrected chi connectivity index (χ3v) is 2.81. The number of benzene rings is 2. The minimum absolute atomic E-state index is 0.152. The SMILES string of the molecule is CC(=O)Nc1cc(Cl)ccc1C(=O)c1ccccc1. The topological polar surface area (TPSA) is 46.2 Å². The van der Waals surface area contributed by atoms with Gasteiger partial charge in [0, 0.05) is 23.1 Å². The first-order valence-corrected chi connectivity index (χ1v) is 6.12. The van der Waals surface area contributed by atoms with Crippen LogP contribution in [0.1, 0.15) is 22.8 Å². The Morgan fingerprint density at radius 3 is 2.37 bits per heavy atom. The zero-order chi connectivity index (χ0) is 13.8. The number of carbonyl (C=O) groups excluding carboxylic acids is 2. The first-order valence-electron chi connectivity index (χ1n) is 5.75. The van der Waals surface area contributed by atoms with Crippen LogP contribution in [-0.2, 0) is 4.79 Å². The summed E-state index contributed by atoms with van der Waals surface area (Å²) >= 11 is 5.89. The van der Waals surface area contributed by atoms with Gasteiger partial charge in [0.2, 0.25) is 5.91 Å². The Kier molecular flexibility index (Phi) is 3.97. The predicted octanol–water partition coefficient (Wildman–Crippen LogP) is 3.53. The van der Waals surface area contributed by atoms with Crippen LogP contribution in [0.2, 0.25) is 5.02 Å². The second-order valence-electron chi connectivity index (χ2n) is 4.07. The zero-order valence-corrected chi connectivity index (χ0v) is 11.1. The van der Waals surface area contributed by atoms with Crippen LogP contribution in [0.4, 0.5) is 5.69 Å². The van der Waals surface area contributed by atoms with Gasteiger partial charge in [-0.05, 0) is 18.2 Å². The highest BCUT2D eigenvalue weighted by Gasteiger charge is 2.14. The van der Waals surface area contributed by atoms with Gasteiger partial charge in [0.1, 0.15) is 0 Å². The molecule has 0 aromatic heterocycles. The third-order valence-electron chi connectivity index (χ3n) is 2.57. The predicted molar refractivity (Wildman–Crippen MR) is 75.6 cm³/mol. The van der Waals surface area contributed by atoms with Gasteiger partial charge in [-0.1, -0.05) is 41.9 Å². The summed E-state index contributed by atoms with van der Waals surface area (Å²) in [5.74, 6) is -0.398. The molecule has 4 heteroatoms. The second-order valence-corrected chi connectivity index (χ2v) is 4.50. The minimum Gasteiger partial charge on any atom is -0.326 e. The van der Waals surface area contributed by atoms with Gasteiger partial charge >= 0.3 is 0 Å². The Morgan fingerprint density at radius 2 is 1.74 bits per heavy atom. The highest BCUT2D eigenvalue weighted by atomic mass is 35.5. The molecule has 0 spiro atoms. The van der Waals surface area contributed by atoms with Crippen molar-refractivity contribution in [1.82, 2.24) is 0 Å². The molecule has 0 aliphatic carbocycles. The summed E-state index contributed by atoms with van der Waals surface area (Å²) in [7, 11) is 0. The molecular weight excluding hydrogens is 262 g/mol. The summed E-state index contributed by atoms with van der Waals surface area (Å²) in [6, 6.07) is 13.7. The number of rotatable bonds is 3. The Labute approximate surface area is 116 Å². The molecule has 0 atom stereocenters. The Balaban J connectivity index is 2.44. The lowest BCUT2D eigenvalue weighted by molar-refractivity contribution is -0.114. The van der Waals surface area contributed by atoms with Crippen molar-refractivity contribution in [1.29, 1.82) is 0 Å². The summed E-state index contributed by atoms with van der Waals surface area (Å²) in [4.78, 5) is 23.5. The lowest BCUT2D eigenvalue weighted by atomic mass is 10.0. The molecule has 96 valence electrons. The van der Waals surface area contributed by atoms with Gasteiger partial charge in [0.15, 0.2) is 5.78 Å². The Hall–Kier alpha value is -2.13. The van der Waals surface area contributed by atoms with Crippen molar-refractivity contribution >= 4 is 29.0 Å². The van der Waals surface area contributed by atoms with Crippen LogP contribution in [0.5, 0.6) is 0 Å². The quantitative estimate of drug-likeness (QED) is 0.870. The molecule has 19 heavy (non-hydrogen) atoms. The molecule has 0 aliphatic heterocycles. The van der Waals surface area contributed by atoms with E-state index in [2.05, 4.69) is 5.32 Å². The molecule has 2 aromatic rings. The van der Waals surface area contributed by atoms with Gasteiger partial charge in [-0.15, -0.1) is 0 Å². The molecule has 0 heterocycles. The van der Waals surface area contributed by atoms with Crippen LogP contribution in [0.25, 0.3) is 0 Å². The molecule has 0 fully saturated rings. The molecule has 0 bridgehead atoms. The largest absolute Gasteiger partial charge is 0.326 e. The Morgan fingerprint density at radius 1 is 1.05 bits per heavy atom. The first-order chi connectivity index (χ1) is 9.08. The third kappa shape index (κ3) is 3.20. The van der Waals surface area contributed by atoms with Crippen LogP contribution in [0.15, 0.2) is 48.5 Å². The number of anilines is 1. The summed E-state index contributed by atoms with van der Waals surface area (Å²) < 4.78 is 0. The van der Waals surface area contributed by atoms with E-state index in [1.165, 1.54) is 6.92 Å². The van der Waals surface area contributed by atoms with Crippen LogP contribution in [-0.4, -0.2) is 11.7 Å². The molecule has 0 saturated carbocycles. The molecule has 0 aliphatic rings. The average molecular weight is 274 g/mol. The standard InChI is InChI=1S/C15H12ClNO2/c1-10(18)17-14-9-12(16)7-8-13(14)15(19)11-5-3-2-4-6-11/h2-9H,1H3,(H,17,18). The molecule has 2 rings (SSSR count). The summed E-state index contributed by atoms with van der Waals surface area (Å²) in [6.45, 7) is 1.39. The molecule has 0 unspecified atom stereocenters. The molecule has 2 aromatic carbocycles. The van der Waals surface area contributed by atoms with E-state index in [0.717, 1.165) is 0 Å². The van der Waals surface area contributed by atoms with Crippen LogP contribution >= 0.6 is 11.6 Å². The summed E-state index contributed by atoms with van der Waals surface area (Å²) in [6.07, 6.45) is 0. The van der Waals surface area contributed by atoms with Gasteiger partial charge in [-0.2, -0.15) is 0 Å². The smallest absolute Gasteiger partial charge is 0.221 e. The number of hydrogen-bond acceptors (Lipinski definition) is 2. The fourth-order valence-electron chi connectivity index (χ4n) is 1.75. The van der Waals surface area contributed by atoms with Gasteiger partial charge in [0.05, 0.1) is 5.69 Å². The summed E-state index contributed by atoms with van der Waals surface area (Å²) in [5.41, 5.74) is 1.41. The van der Waals surface area contributed by atoms with Gasteiger partial charge < -0.3 is 5.32 Å².